The third kappa shape index (κ3) is 5.78. The molecule has 37 heavy (non-hydrogen) atoms. The molecular formula is C25H30ClF3N4O3S. The Morgan fingerprint density at radius 2 is 1.76 bits per heavy atom. The molecule has 0 saturated carbocycles. The highest BCUT2D eigenvalue weighted by atomic mass is 35.5. The summed E-state index contributed by atoms with van der Waals surface area (Å²) in [4.78, 5) is 21.6. The van der Waals surface area contributed by atoms with Crippen molar-refractivity contribution in [3.05, 3.63) is 71.4 Å². The minimum absolute atomic E-state index is 0. The first-order chi connectivity index (χ1) is 16.9. The van der Waals surface area contributed by atoms with E-state index in [0.717, 1.165) is 49.6 Å². The Kier molecular flexibility index (Phi) is 8.60. The van der Waals surface area contributed by atoms with Gasteiger partial charge in [0.2, 0.25) is 10.0 Å². The molecule has 0 bridgehead atoms. The van der Waals surface area contributed by atoms with Crippen molar-refractivity contribution in [2.75, 3.05) is 37.6 Å². The molecule has 3 heterocycles. The molecule has 2 fully saturated rings. The molecule has 0 radical (unpaired) electrons. The van der Waals surface area contributed by atoms with Gasteiger partial charge >= 0.3 is 6.18 Å². The van der Waals surface area contributed by atoms with E-state index in [2.05, 4.69) is 16.5 Å². The monoisotopic (exact) mass is 558 g/mol. The number of alkyl halides is 3. The Hall–Kier alpha value is -2.63. The van der Waals surface area contributed by atoms with E-state index in [1.807, 2.05) is 6.07 Å². The van der Waals surface area contributed by atoms with Crippen LogP contribution in [0.1, 0.15) is 45.8 Å². The minimum Gasteiger partial charge on any atom is -0.356 e. The number of piperazine rings is 1. The molecule has 12 heteroatoms. The standard InChI is InChI=1S/C25H29F3N4O3S.ClH/c1-4-22(19-6-8-20(9-7-19)25(26,27)28)36(34,35)31-14-15-32(17(2)16-31)24(33)21-10-11-23(29-18(21)3)30-12-5-13-30;/h4,6-11,17,22H,1,5,12-16H2,2-3H3;1H. The zero-order valence-electron chi connectivity index (χ0n) is 20.6. The van der Waals surface area contributed by atoms with E-state index >= 15 is 0 Å². The van der Waals surface area contributed by atoms with Gasteiger partial charge in [-0.3, -0.25) is 4.79 Å². The first kappa shape index (κ1) is 28.9. The second-order valence-corrected chi connectivity index (χ2v) is 11.2. The van der Waals surface area contributed by atoms with E-state index in [9.17, 15) is 26.4 Å². The Morgan fingerprint density at radius 3 is 2.24 bits per heavy atom. The van der Waals surface area contributed by atoms with Crippen LogP contribution < -0.4 is 4.90 Å². The van der Waals surface area contributed by atoms with E-state index in [-0.39, 0.29) is 43.5 Å². The highest BCUT2D eigenvalue weighted by Gasteiger charge is 2.38. The average Bonchev–Trinajstić information content (AvgIpc) is 2.77. The average molecular weight is 559 g/mol. The number of carbonyl (C=O) groups excluding carboxylic acids is 1. The molecule has 0 spiro atoms. The summed E-state index contributed by atoms with van der Waals surface area (Å²) < 4.78 is 66.8. The van der Waals surface area contributed by atoms with Gasteiger partial charge in [-0.25, -0.2) is 13.4 Å². The zero-order valence-corrected chi connectivity index (χ0v) is 22.2. The number of hydrogen-bond donors (Lipinski definition) is 0. The Morgan fingerprint density at radius 1 is 1.11 bits per heavy atom. The van der Waals surface area contributed by atoms with Crippen molar-refractivity contribution in [3.63, 3.8) is 0 Å². The molecule has 2 unspecified atom stereocenters. The lowest BCUT2D eigenvalue weighted by Crippen LogP contribution is -2.56. The summed E-state index contributed by atoms with van der Waals surface area (Å²) in [5.74, 6) is 0.640. The van der Waals surface area contributed by atoms with Gasteiger partial charge in [0, 0.05) is 38.8 Å². The molecule has 7 nitrogen and oxygen atoms in total. The number of anilines is 1. The molecule has 1 aromatic carbocycles. The molecule has 4 rings (SSSR count). The summed E-state index contributed by atoms with van der Waals surface area (Å²) in [5, 5.41) is -1.20. The van der Waals surface area contributed by atoms with E-state index in [1.54, 1.807) is 24.8 Å². The fraction of sp³-hybridized carbons (Fsp3) is 0.440. The number of hydrogen-bond acceptors (Lipinski definition) is 5. The van der Waals surface area contributed by atoms with Crippen molar-refractivity contribution >= 4 is 34.2 Å². The molecule has 2 saturated heterocycles. The summed E-state index contributed by atoms with van der Waals surface area (Å²) in [6.07, 6.45) is -2.17. The number of rotatable bonds is 6. The summed E-state index contributed by atoms with van der Waals surface area (Å²) in [6, 6.07) is 7.25. The Bertz CT molecular complexity index is 1250. The molecule has 0 aliphatic carbocycles. The van der Waals surface area contributed by atoms with Crippen LogP contribution >= 0.6 is 12.4 Å². The van der Waals surface area contributed by atoms with E-state index in [1.165, 1.54) is 10.4 Å². The number of halogens is 4. The van der Waals surface area contributed by atoms with E-state index in [4.69, 9.17) is 0 Å². The second kappa shape index (κ2) is 11.0. The molecule has 1 amide bonds. The number of nitrogens with zero attached hydrogens (tertiary/aromatic N) is 4. The van der Waals surface area contributed by atoms with Crippen LogP contribution in [0.4, 0.5) is 19.0 Å². The maximum absolute atomic E-state index is 13.4. The molecule has 2 aromatic rings. The maximum atomic E-state index is 13.4. The lowest BCUT2D eigenvalue weighted by atomic mass is 10.1. The largest absolute Gasteiger partial charge is 0.416 e. The van der Waals surface area contributed by atoms with E-state index in [0.29, 0.717) is 11.3 Å². The third-order valence-corrected chi connectivity index (χ3v) is 8.95. The molecule has 1 aromatic heterocycles. The first-order valence-electron chi connectivity index (χ1n) is 11.8. The van der Waals surface area contributed by atoms with Crippen LogP contribution in [0.25, 0.3) is 0 Å². The van der Waals surface area contributed by atoms with Crippen LogP contribution in [0.15, 0.2) is 49.1 Å². The predicted molar refractivity (Wildman–Crippen MR) is 138 cm³/mol. The third-order valence-electron chi connectivity index (χ3n) is 6.79. The highest BCUT2D eigenvalue weighted by molar-refractivity contribution is 7.89. The fourth-order valence-corrected chi connectivity index (χ4v) is 6.38. The van der Waals surface area contributed by atoms with Crippen LogP contribution in [-0.4, -0.2) is 67.3 Å². The number of sulfonamides is 1. The minimum atomic E-state index is -4.51. The normalized spacial score (nSPS) is 19.5. The molecule has 202 valence electrons. The summed E-state index contributed by atoms with van der Waals surface area (Å²) >= 11 is 0. The van der Waals surface area contributed by atoms with Gasteiger partial charge in [0.25, 0.3) is 5.91 Å². The van der Waals surface area contributed by atoms with Crippen LogP contribution in [0, 0.1) is 6.92 Å². The lowest BCUT2D eigenvalue weighted by molar-refractivity contribution is -0.137. The van der Waals surface area contributed by atoms with Crippen LogP contribution in [0.5, 0.6) is 0 Å². The van der Waals surface area contributed by atoms with Crippen LogP contribution in [-0.2, 0) is 16.2 Å². The van der Waals surface area contributed by atoms with Gasteiger partial charge in [0.1, 0.15) is 11.1 Å². The number of pyridine rings is 1. The van der Waals surface area contributed by atoms with Crippen LogP contribution in [0.3, 0.4) is 0 Å². The van der Waals surface area contributed by atoms with Gasteiger partial charge in [-0.2, -0.15) is 17.5 Å². The van der Waals surface area contributed by atoms with Crippen molar-refractivity contribution in [1.82, 2.24) is 14.2 Å². The number of carbonyl (C=O) groups is 1. The van der Waals surface area contributed by atoms with Crippen molar-refractivity contribution in [3.8, 4) is 0 Å². The Labute approximate surface area is 221 Å². The lowest BCUT2D eigenvalue weighted by Gasteiger charge is -2.40. The number of benzene rings is 1. The van der Waals surface area contributed by atoms with Gasteiger partial charge in [-0.15, -0.1) is 19.0 Å². The van der Waals surface area contributed by atoms with E-state index < -0.39 is 33.1 Å². The smallest absolute Gasteiger partial charge is 0.356 e. The van der Waals surface area contributed by atoms with Crippen molar-refractivity contribution in [2.24, 2.45) is 0 Å². The SMILES string of the molecule is C=CC(c1ccc(C(F)(F)F)cc1)S(=O)(=O)N1CCN(C(=O)c2ccc(N3CCC3)nc2C)C(C)C1.Cl. The number of amides is 1. The van der Waals surface area contributed by atoms with Crippen molar-refractivity contribution < 1.29 is 26.4 Å². The predicted octanol–water partition coefficient (Wildman–Crippen LogP) is 4.44. The summed E-state index contributed by atoms with van der Waals surface area (Å²) in [6.45, 7) is 9.40. The second-order valence-electron chi connectivity index (χ2n) is 9.17. The van der Waals surface area contributed by atoms with Gasteiger partial charge in [0.15, 0.2) is 0 Å². The van der Waals surface area contributed by atoms with Gasteiger partial charge in [-0.05, 0) is 50.1 Å². The molecule has 2 atom stereocenters. The number of aryl methyl sites for hydroxylation is 1. The highest BCUT2D eigenvalue weighted by Crippen LogP contribution is 2.33. The Balaban J connectivity index is 0.00000380. The van der Waals surface area contributed by atoms with Gasteiger partial charge in [0.05, 0.1) is 16.8 Å². The van der Waals surface area contributed by atoms with Gasteiger partial charge in [-0.1, -0.05) is 18.2 Å². The molecule has 2 aliphatic rings. The van der Waals surface area contributed by atoms with Crippen molar-refractivity contribution in [2.45, 2.75) is 37.7 Å². The quantitative estimate of drug-likeness (QED) is 0.490. The first-order valence-corrected chi connectivity index (χ1v) is 13.3. The number of aromatic nitrogens is 1. The molecule has 2 aliphatic heterocycles. The molecular weight excluding hydrogens is 529 g/mol. The summed E-state index contributed by atoms with van der Waals surface area (Å²) in [7, 11) is -3.96. The van der Waals surface area contributed by atoms with Crippen molar-refractivity contribution in [1.29, 1.82) is 0 Å². The van der Waals surface area contributed by atoms with Gasteiger partial charge < -0.3 is 9.80 Å². The fourth-order valence-electron chi connectivity index (χ4n) is 4.56. The van der Waals surface area contributed by atoms with Crippen LogP contribution in [0.2, 0.25) is 0 Å². The summed E-state index contributed by atoms with van der Waals surface area (Å²) in [5.41, 5.74) is 0.458. The maximum Gasteiger partial charge on any atom is 0.416 e. The topological polar surface area (TPSA) is 73.8 Å². The molecule has 0 N–H and O–H groups in total. The zero-order chi connectivity index (χ0) is 26.3.